The number of carboxylic acids is 1. The molecule has 104 valence electrons. The molecular formula is C12H16N2O5. The Hall–Kier alpha value is -1.89. The normalized spacial score (nSPS) is 22.8. The minimum absolute atomic E-state index is 0.0295. The summed E-state index contributed by atoms with van der Waals surface area (Å²) in [5.41, 5.74) is -0.403. The molecule has 2 rings (SSSR count). The van der Waals surface area contributed by atoms with Gasteiger partial charge in [-0.25, -0.2) is 4.79 Å². The quantitative estimate of drug-likeness (QED) is 0.863. The van der Waals surface area contributed by atoms with Gasteiger partial charge in [0.2, 0.25) is 0 Å². The molecule has 1 amide bonds. The second-order valence-electron chi connectivity index (χ2n) is 4.68. The summed E-state index contributed by atoms with van der Waals surface area (Å²) in [4.78, 5) is 25.1. The molecule has 1 saturated heterocycles. The Morgan fingerprint density at radius 3 is 2.58 bits per heavy atom. The first kappa shape index (κ1) is 13.5. The number of hydrogen-bond acceptors (Lipinski definition) is 5. The van der Waals surface area contributed by atoms with Crippen molar-refractivity contribution in [3.8, 4) is 0 Å². The number of aromatic nitrogens is 1. The third-order valence-electron chi connectivity index (χ3n) is 3.55. The Labute approximate surface area is 110 Å². The number of hydrogen-bond donors (Lipinski definition) is 1. The third-order valence-corrected chi connectivity index (χ3v) is 3.55. The lowest BCUT2D eigenvalue weighted by molar-refractivity contribution is -0.160. The first-order chi connectivity index (χ1) is 8.91. The average molecular weight is 268 g/mol. The van der Waals surface area contributed by atoms with Crippen molar-refractivity contribution in [2.24, 2.45) is 0 Å². The van der Waals surface area contributed by atoms with Crippen LogP contribution in [-0.4, -0.2) is 52.8 Å². The monoisotopic (exact) mass is 268 g/mol. The van der Waals surface area contributed by atoms with Crippen LogP contribution < -0.4 is 0 Å². The highest BCUT2D eigenvalue weighted by molar-refractivity contribution is 5.97. The first-order valence-electron chi connectivity index (χ1n) is 5.92. The van der Waals surface area contributed by atoms with Gasteiger partial charge in [0.25, 0.3) is 5.91 Å². The first-order valence-corrected chi connectivity index (χ1v) is 5.92. The molecule has 1 aromatic heterocycles. The third kappa shape index (κ3) is 2.10. The van der Waals surface area contributed by atoms with Crippen LogP contribution in [-0.2, 0) is 9.53 Å². The highest BCUT2D eigenvalue weighted by Crippen LogP contribution is 2.27. The number of ether oxygens (including phenoxy) is 1. The molecule has 0 radical (unpaired) electrons. The number of amides is 1. The predicted molar refractivity (Wildman–Crippen MR) is 63.9 cm³/mol. The van der Waals surface area contributed by atoms with E-state index in [4.69, 9.17) is 9.26 Å². The van der Waals surface area contributed by atoms with Crippen LogP contribution in [0.25, 0.3) is 0 Å². The van der Waals surface area contributed by atoms with E-state index in [1.54, 1.807) is 13.8 Å². The topological polar surface area (TPSA) is 92.9 Å². The molecule has 1 atom stereocenters. The van der Waals surface area contributed by atoms with Crippen molar-refractivity contribution in [2.45, 2.75) is 25.9 Å². The largest absolute Gasteiger partial charge is 0.479 e. The summed E-state index contributed by atoms with van der Waals surface area (Å²) in [6.07, 6.45) is 0.272. The smallest absolute Gasteiger partial charge is 0.337 e. The molecule has 1 N–H and O–H groups in total. The van der Waals surface area contributed by atoms with Crippen molar-refractivity contribution in [1.29, 1.82) is 0 Å². The zero-order chi connectivity index (χ0) is 14.2. The van der Waals surface area contributed by atoms with Gasteiger partial charge in [-0.15, -0.1) is 0 Å². The van der Waals surface area contributed by atoms with Crippen molar-refractivity contribution < 1.29 is 24.0 Å². The van der Waals surface area contributed by atoms with E-state index in [9.17, 15) is 14.7 Å². The van der Waals surface area contributed by atoms with E-state index in [1.807, 2.05) is 0 Å². The zero-order valence-corrected chi connectivity index (χ0v) is 11.1. The predicted octanol–water partition coefficient (Wildman–Crippen LogP) is 0.607. The Kier molecular flexibility index (Phi) is 3.32. The number of likely N-dealkylation sites (tertiary alicyclic amines) is 1. The lowest BCUT2D eigenvalue weighted by Gasteiger charge is -2.23. The molecule has 7 nitrogen and oxygen atoms in total. The number of methoxy groups -OCH3 is 1. The minimum atomic E-state index is -1.31. The second-order valence-corrected chi connectivity index (χ2v) is 4.68. The van der Waals surface area contributed by atoms with Crippen molar-refractivity contribution in [3.63, 3.8) is 0 Å². The van der Waals surface area contributed by atoms with Gasteiger partial charge < -0.3 is 19.3 Å². The molecule has 0 aliphatic carbocycles. The van der Waals surface area contributed by atoms with Crippen LogP contribution in [0.2, 0.25) is 0 Å². The molecule has 0 aromatic carbocycles. The van der Waals surface area contributed by atoms with Crippen LogP contribution in [0, 0.1) is 13.8 Å². The summed E-state index contributed by atoms with van der Waals surface area (Å²) in [5, 5.41) is 12.9. The maximum Gasteiger partial charge on any atom is 0.337 e. The van der Waals surface area contributed by atoms with Crippen LogP contribution in [0.15, 0.2) is 4.52 Å². The summed E-state index contributed by atoms with van der Waals surface area (Å²) in [5.74, 6) is -0.881. The van der Waals surface area contributed by atoms with Crippen LogP contribution in [0.1, 0.15) is 28.2 Å². The van der Waals surface area contributed by atoms with E-state index in [1.165, 1.54) is 12.0 Å². The summed E-state index contributed by atoms with van der Waals surface area (Å²) >= 11 is 0. The molecule has 0 spiro atoms. The minimum Gasteiger partial charge on any atom is -0.479 e. The number of aliphatic carboxylic acids is 1. The molecule has 0 saturated carbocycles. The molecule has 1 aromatic rings. The van der Waals surface area contributed by atoms with Crippen molar-refractivity contribution >= 4 is 11.9 Å². The van der Waals surface area contributed by atoms with Crippen LogP contribution in [0.3, 0.4) is 0 Å². The van der Waals surface area contributed by atoms with Crippen LogP contribution >= 0.6 is 0 Å². The summed E-state index contributed by atoms with van der Waals surface area (Å²) in [7, 11) is 1.35. The number of nitrogens with zero attached hydrogens (tertiary/aromatic N) is 2. The molecular weight excluding hydrogens is 252 g/mol. The lowest BCUT2D eigenvalue weighted by Crippen LogP contribution is -2.44. The van der Waals surface area contributed by atoms with Crippen LogP contribution in [0.5, 0.6) is 0 Å². The fourth-order valence-corrected chi connectivity index (χ4v) is 2.33. The Bertz CT molecular complexity index is 505. The van der Waals surface area contributed by atoms with Gasteiger partial charge in [-0.3, -0.25) is 4.79 Å². The molecule has 2 heterocycles. The molecule has 1 aliphatic rings. The Balaban J connectivity index is 2.22. The number of aryl methyl sites for hydroxylation is 2. The molecule has 7 heteroatoms. The average Bonchev–Trinajstić information content (AvgIpc) is 2.94. The molecule has 1 fully saturated rings. The van der Waals surface area contributed by atoms with Crippen molar-refractivity contribution in [3.05, 3.63) is 17.0 Å². The Morgan fingerprint density at radius 2 is 2.16 bits per heavy atom. The summed E-state index contributed by atoms with van der Waals surface area (Å²) in [6.45, 7) is 3.70. The standard InChI is InChI=1S/C12H16N2O5/c1-7-9(8(2)19-13-7)10(15)14-5-4-12(6-14,18-3)11(16)17/h4-6H2,1-3H3,(H,16,17). The van der Waals surface area contributed by atoms with Crippen LogP contribution in [0.4, 0.5) is 0 Å². The summed E-state index contributed by atoms with van der Waals surface area (Å²) < 4.78 is 10.0. The van der Waals surface area contributed by atoms with Gasteiger partial charge in [0, 0.05) is 20.1 Å². The van der Waals surface area contributed by atoms with Gasteiger partial charge in [-0.2, -0.15) is 0 Å². The SMILES string of the molecule is COC1(C(=O)O)CCN(C(=O)c2c(C)noc2C)C1. The van der Waals surface area contributed by atoms with Gasteiger partial charge in [-0.05, 0) is 13.8 Å². The molecule has 0 bridgehead atoms. The van der Waals surface area contributed by atoms with E-state index < -0.39 is 11.6 Å². The lowest BCUT2D eigenvalue weighted by atomic mass is 10.0. The molecule has 19 heavy (non-hydrogen) atoms. The number of rotatable bonds is 3. The summed E-state index contributed by atoms with van der Waals surface area (Å²) in [6, 6.07) is 0. The number of carbonyl (C=O) groups excluding carboxylic acids is 1. The van der Waals surface area contributed by atoms with Gasteiger partial charge in [0.15, 0.2) is 5.60 Å². The van der Waals surface area contributed by atoms with Crippen molar-refractivity contribution in [2.75, 3.05) is 20.2 Å². The highest BCUT2D eigenvalue weighted by Gasteiger charge is 2.47. The Morgan fingerprint density at radius 1 is 1.47 bits per heavy atom. The van der Waals surface area contributed by atoms with Gasteiger partial charge in [0.1, 0.15) is 11.3 Å². The van der Waals surface area contributed by atoms with Gasteiger partial charge in [-0.1, -0.05) is 5.16 Å². The van der Waals surface area contributed by atoms with E-state index in [0.717, 1.165) is 0 Å². The molecule has 1 aliphatic heterocycles. The van der Waals surface area contributed by atoms with E-state index in [-0.39, 0.29) is 18.9 Å². The number of carbonyl (C=O) groups is 2. The second kappa shape index (κ2) is 4.65. The van der Waals surface area contributed by atoms with Gasteiger partial charge >= 0.3 is 5.97 Å². The number of carboxylic acid groups (broad SMARTS) is 1. The van der Waals surface area contributed by atoms with E-state index in [2.05, 4.69) is 5.16 Å². The van der Waals surface area contributed by atoms with Crippen molar-refractivity contribution in [1.82, 2.24) is 10.1 Å². The maximum atomic E-state index is 12.4. The fraction of sp³-hybridized carbons (Fsp3) is 0.583. The van der Waals surface area contributed by atoms with E-state index >= 15 is 0 Å². The highest BCUT2D eigenvalue weighted by atomic mass is 16.5. The van der Waals surface area contributed by atoms with E-state index in [0.29, 0.717) is 23.6 Å². The maximum absolute atomic E-state index is 12.4. The van der Waals surface area contributed by atoms with Gasteiger partial charge in [0.05, 0.1) is 12.2 Å². The molecule has 1 unspecified atom stereocenters. The zero-order valence-electron chi connectivity index (χ0n) is 11.1. The fourth-order valence-electron chi connectivity index (χ4n) is 2.33.